The molecule has 0 bridgehead atoms. The van der Waals surface area contributed by atoms with E-state index in [-0.39, 0.29) is 5.82 Å². The van der Waals surface area contributed by atoms with Crippen molar-refractivity contribution in [3.05, 3.63) is 36.4 Å². The molecule has 2 N–H and O–H groups in total. The number of hydrogen-bond acceptors (Lipinski definition) is 5. The SMILES string of the molecule is O=C(Nc1occ2ccccc12)c1nn[nH]n1. The molecule has 0 unspecified atom stereocenters. The van der Waals surface area contributed by atoms with E-state index in [1.165, 1.54) is 0 Å². The van der Waals surface area contributed by atoms with Gasteiger partial charge in [-0.2, -0.15) is 5.21 Å². The predicted molar refractivity (Wildman–Crippen MR) is 58.3 cm³/mol. The molecular formula is C10H7N5O2. The van der Waals surface area contributed by atoms with Crippen LogP contribution in [0.25, 0.3) is 10.8 Å². The van der Waals surface area contributed by atoms with Crippen LogP contribution in [-0.2, 0) is 0 Å². The number of aromatic nitrogens is 4. The fourth-order valence-electron chi connectivity index (χ4n) is 1.51. The molecule has 0 saturated carbocycles. The smallest absolute Gasteiger partial charge is 0.299 e. The molecule has 1 amide bonds. The lowest BCUT2D eigenvalue weighted by atomic mass is 10.2. The Bertz CT molecular complexity index is 658. The van der Waals surface area contributed by atoms with Crippen molar-refractivity contribution in [3.8, 4) is 0 Å². The van der Waals surface area contributed by atoms with Gasteiger partial charge in [-0.15, -0.1) is 10.2 Å². The Hall–Kier alpha value is -2.70. The Balaban J connectivity index is 1.93. The van der Waals surface area contributed by atoms with Crippen molar-refractivity contribution in [2.24, 2.45) is 0 Å². The first-order valence-corrected chi connectivity index (χ1v) is 4.85. The van der Waals surface area contributed by atoms with Gasteiger partial charge in [0.25, 0.3) is 11.7 Å². The normalized spacial score (nSPS) is 10.6. The molecule has 0 saturated heterocycles. The van der Waals surface area contributed by atoms with E-state index in [0.29, 0.717) is 5.88 Å². The highest BCUT2D eigenvalue weighted by atomic mass is 16.3. The van der Waals surface area contributed by atoms with Gasteiger partial charge in [-0.05, 0) is 11.3 Å². The van der Waals surface area contributed by atoms with Crippen LogP contribution in [0.1, 0.15) is 10.6 Å². The summed E-state index contributed by atoms with van der Waals surface area (Å²) in [6, 6.07) is 7.50. The zero-order valence-corrected chi connectivity index (χ0v) is 8.54. The summed E-state index contributed by atoms with van der Waals surface area (Å²) < 4.78 is 5.27. The number of rotatable bonds is 2. The van der Waals surface area contributed by atoms with Crippen LogP contribution in [0, 0.1) is 0 Å². The van der Waals surface area contributed by atoms with Crippen LogP contribution in [0.3, 0.4) is 0 Å². The van der Waals surface area contributed by atoms with Crippen LogP contribution in [-0.4, -0.2) is 26.5 Å². The third-order valence-electron chi connectivity index (χ3n) is 2.28. The summed E-state index contributed by atoms with van der Waals surface area (Å²) in [5.41, 5.74) is 0. The molecule has 0 fully saturated rings. The van der Waals surface area contributed by atoms with Gasteiger partial charge >= 0.3 is 0 Å². The maximum absolute atomic E-state index is 11.7. The summed E-state index contributed by atoms with van der Waals surface area (Å²) in [5.74, 6) is -0.139. The number of amides is 1. The van der Waals surface area contributed by atoms with E-state index in [4.69, 9.17) is 4.42 Å². The first-order valence-electron chi connectivity index (χ1n) is 4.85. The number of nitrogens with one attached hydrogen (secondary N) is 2. The van der Waals surface area contributed by atoms with Crippen LogP contribution in [0.15, 0.2) is 34.9 Å². The number of benzene rings is 1. The van der Waals surface area contributed by atoms with Crippen molar-refractivity contribution >= 4 is 22.6 Å². The summed E-state index contributed by atoms with van der Waals surface area (Å²) >= 11 is 0. The molecule has 17 heavy (non-hydrogen) atoms. The van der Waals surface area contributed by atoms with E-state index >= 15 is 0 Å². The van der Waals surface area contributed by atoms with Gasteiger partial charge in [0.15, 0.2) is 0 Å². The monoisotopic (exact) mass is 229 g/mol. The topological polar surface area (TPSA) is 96.7 Å². The Morgan fingerprint density at radius 3 is 3.06 bits per heavy atom. The second kappa shape index (κ2) is 3.71. The third kappa shape index (κ3) is 1.63. The predicted octanol–water partition coefficient (Wildman–Crippen LogP) is 1.20. The van der Waals surface area contributed by atoms with E-state index in [0.717, 1.165) is 10.8 Å². The van der Waals surface area contributed by atoms with Gasteiger partial charge in [0.2, 0.25) is 5.88 Å². The van der Waals surface area contributed by atoms with Crippen LogP contribution in [0.2, 0.25) is 0 Å². The molecule has 7 nitrogen and oxygen atoms in total. The van der Waals surface area contributed by atoms with E-state index in [1.807, 2.05) is 24.3 Å². The second-order valence-corrected chi connectivity index (χ2v) is 3.34. The van der Waals surface area contributed by atoms with E-state index < -0.39 is 5.91 Å². The minimum Gasteiger partial charge on any atom is -0.447 e. The van der Waals surface area contributed by atoms with Crippen molar-refractivity contribution < 1.29 is 9.21 Å². The van der Waals surface area contributed by atoms with Gasteiger partial charge in [0.05, 0.1) is 0 Å². The zero-order valence-electron chi connectivity index (χ0n) is 8.54. The van der Waals surface area contributed by atoms with Crippen LogP contribution < -0.4 is 5.32 Å². The Kier molecular flexibility index (Phi) is 2.08. The average Bonchev–Trinajstić information content (AvgIpc) is 2.98. The molecule has 7 heteroatoms. The number of fused-ring (bicyclic) bond motifs is 1. The van der Waals surface area contributed by atoms with Crippen LogP contribution in [0.4, 0.5) is 5.88 Å². The highest BCUT2D eigenvalue weighted by molar-refractivity contribution is 6.05. The van der Waals surface area contributed by atoms with Gasteiger partial charge in [0.1, 0.15) is 6.26 Å². The molecule has 2 aromatic heterocycles. The Morgan fingerprint density at radius 1 is 1.35 bits per heavy atom. The molecule has 84 valence electrons. The molecule has 0 aliphatic heterocycles. The summed E-state index contributed by atoms with van der Waals surface area (Å²) in [6.07, 6.45) is 1.57. The average molecular weight is 229 g/mol. The molecule has 0 spiro atoms. The van der Waals surface area contributed by atoms with Gasteiger partial charge in [-0.1, -0.05) is 18.2 Å². The Morgan fingerprint density at radius 2 is 2.24 bits per heavy atom. The summed E-state index contributed by atoms with van der Waals surface area (Å²) in [7, 11) is 0. The zero-order chi connectivity index (χ0) is 11.7. The van der Waals surface area contributed by atoms with Gasteiger partial charge in [-0.3, -0.25) is 10.1 Å². The second-order valence-electron chi connectivity index (χ2n) is 3.34. The molecule has 0 atom stereocenters. The quantitative estimate of drug-likeness (QED) is 0.688. The highest BCUT2D eigenvalue weighted by Crippen LogP contribution is 2.25. The standard InChI is InChI=1S/C10H7N5O2/c16-9(8-12-14-15-13-8)11-10-7-4-2-1-3-6(7)5-17-10/h1-5H,(H,11,16)(H,12,13,14,15). The molecule has 2 heterocycles. The summed E-state index contributed by atoms with van der Waals surface area (Å²) in [4.78, 5) is 11.7. The summed E-state index contributed by atoms with van der Waals surface area (Å²) in [6.45, 7) is 0. The molecule has 0 aliphatic carbocycles. The fourth-order valence-corrected chi connectivity index (χ4v) is 1.51. The first-order chi connectivity index (χ1) is 8.34. The number of furan rings is 1. The lowest BCUT2D eigenvalue weighted by molar-refractivity contribution is 0.101. The maximum Gasteiger partial charge on any atom is 0.299 e. The largest absolute Gasteiger partial charge is 0.447 e. The highest BCUT2D eigenvalue weighted by Gasteiger charge is 2.14. The van der Waals surface area contributed by atoms with E-state index in [1.54, 1.807) is 6.26 Å². The van der Waals surface area contributed by atoms with Gasteiger partial charge in [0, 0.05) is 10.8 Å². The minimum absolute atomic E-state index is 0.0366. The van der Waals surface area contributed by atoms with Crippen molar-refractivity contribution in [2.45, 2.75) is 0 Å². The van der Waals surface area contributed by atoms with Gasteiger partial charge in [-0.25, -0.2) is 0 Å². The molecule has 3 rings (SSSR count). The Labute approximate surface area is 94.8 Å². The van der Waals surface area contributed by atoms with Crippen LogP contribution >= 0.6 is 0 Å². The van der Waals surface area contributed by atoms with Crippen molar-refractivity contribution in [1.29, 1.82) is 0 Å². The number of H-pyrrole nitrogens is 1. The minimum atomic E-state index is -0.473. The maximum atomic E-state index is 11.7. The first kappa shape index (κ1) is 9.52. The fraction of sp³-hybridized carbons (Fsp3) is 0. The molecular weight excluding hydrogens is 222 g/mol. The number of hydrogen-bond donors (Lipinski definition) is 2. The number of tetrazole rings is 1. The van der Waals surface area contributed by atoms with Gasteiger partial charge < -0.3 is 4.42 Å². The van der Waals surface area contributed by atoms with Crippen molar-refractivity contribution in [1.82, 2.24) is 20.6 Å². The number of nitrogens with zero attached hydrogens (tertiary/aromatic N) is 3. The summed E-state index contributed by atoms with van der Waals surface area (Å²) in [5, 5.41) is 17.0. The van der Waals surface area contributed by atoms with Crippen molar-refractivity contribution in [2.75, 3.05) is 5.32 Å². The van der Waals surface area contributed by atoms with E-state index in [9.17, 15) is 4.79 Å². The molecule has 0 radical (unpaired) electrons. The van der Waals surface area contributed by atoms with Crippen LogP contribution in [0.5, 0.6) is 0 Å². The number of anilines is 1. The van der Waals surface area contributed by atoms with Crippen molar-refractivity contribution in [3.63, 3.8) is 0 Å². The lowest BCUT2D eigenvalue weighted by Gasteiger charge is -1.97. The lowest BCUT2D eigenvalue weighted by Crippen LogP contribution is -2.13. The molecule has 1 aromatic carbocycles. The molecule has 0 aliphatic rings. The number of carbonyl (C=O) groups is 1. The molecule has 3 aromatic rings. The van der Waals surface area contributed by atoms with E-state index in [2.05, 4.69) is 25.9 Å². The number of carbonyl (C=O) groups excluding carboxylic acids is 1. The third-order valence-corrected chi connectivity index (χ3v) is 2.28. The number of aromatic amines is 1.